The molecule has 24 heavy (non-hydrogen) atoms. The molecule has 0 saturated heterocycles. The van der Waals surface area contributed by atoms with Gasteiger partial charge in [-0.3, -0.25) is 4.79 Å². The average molecular weight is 327 g/mol. The van der Waals surface area contributed by atoms with Gasteiger partial charge >= 0.3 is 0 Å². The number of nitrogens with one attached hydrogen (secondary N) is 1. The molecule has 0 radical (unpaired) electrons. The largest absolute Gasteiger partial charge is 0.493 e. The van der Waals surface area contributed by atoms with E-state index in [0.717, 1.165) is 6.42 Å². The van der Waals surface area contributed by atoms with Gasteiger partial charge in [0.15, 0.2) is 17.6 Å². The first-order valence-corrected chi connectivity index (χ1v) is 8.07. The fourth-order valence-electron chi connectivity index (χ4n) is 2.55. The Morgan fingerprint density at radius 3 is 2.25 bits per heavy atom. The minimum atomic E-state index is -0.614. The Balaban J connectivity index is 1.97. The van der Waals surface area contributed by atoms with E-state index in [0.29, 0.717) is 11.5 Å². The molecule has 0 aliphatic heterocycles. The SMILES string of the molecule is COc1ccccc1O[C@@H](C)C(=O)NC(C)(C)Cc1ccccc1. The van der Waals surface area contributed by atoms with Crippen molar-refractivity contribution >= 4 is 5.91 Å². The van der Waals surface area contributed by atoms with Gasteiger partial charge in [-0.05, 0) is 44.9 Å². The van der Waals surface area contributed by atoms with Crippen LogP contribution in [0.1, 0.15) is 26.3 Å². The third kappa shape index (κ3) is 5.01. The predicted molar refractivity (Wildman–Crippen MR) is 95.5 cm³/mol. The van der Waals surface area contributed by atoms with Gasteiger partial charge < -0.3 is 14.8 Å². The number of hydrogen-bond acceptors (Lipinski definition) is 3. The summed E-state index contributed by atoms with van der Waals surface area (Å²) in [6.07, 6.45) is 0.136. The summed E-state index contributed by atoms with van der Waals surface area (Å²) in [5.41, 5.74) is 0.817. The normalized spacial score (nSPS) is 12.3. The van der Waals surface area contributed by atoms with E-state index in [9.17, 15) is 4.79 Å². The molecule has 0 spiro atoms. The Bertz CT molecular complexity index is 668. The fourth-order valence-corrected chi connectivity index (χ4v) is 2.55. The van der Waals surface area contributed by atoms with Crippen molar-refractivity contribution in [1.29, 1.82) is 0 Å². The summed E-state index contributed by atoms with van der Waals surface area (Å²) >= 11 is 0. The van der Waals surface area contributed by atoms with E-state index in [4.69, 9.17) is 9.47 Å². The Kier molecular flexibility index (Phi) is 5.85. The molecule has 0 bridgehead atoms. The van der Waals surface area contributed by atoms with Crippen molar-refractivity contribution in [3.8, 4) is 11.5 Å². The van der Waals surface area contributed by atoms with Crippen LogP contribution in [0.2, 0.25) is 0 Å². The molecule has 2 aromatic carbocycles. The molecule has 0 heterocycles. The number of hydrogen-bond donors (Lipinski definition) is 1. The van der Waals surface area contributed by atoms with Gasteiger partial charge in [0.2, 0.25) is 0 Å². The zero-order valence-corrected chi connectivity index (χ0v) is 14.7. The number of amides is 1. The summed E-state index contributed by atoms with van der Waals surface area (Å²) < 4.78 is 11.0. The molecule has 0 aliphatic rings. The van der Waals surface area contributed by atoms with E-state index in [1.807, 2.05) is 44.2 Å². The van der Waals surface area contributed by atoms with Crippen molar-refractivity contribution in [2.45, 2.75) is 38.8 Å². The van der Waals surface area contributed by atoms with Crippen molar-refractivity contribution < 1.29 is 14.3 Å². The highest BCUT2D eigenvalue weighted by Gasteiger charge is 2.25. The molecule has 4 nitrogen and oxygen atoms in total. The fraction of sp³-hybridized carbons (Fsp3) is 0.350. The molecule has 4 heteroatoms. The van der Waals surface area contributed by atoms with Gasteiger partial charge in [-0.15, -0.1) is 0 Å². The lowest BCUT2D eigenvalue weighted by Crippen LogP contribution is -2.49. The second kappa shape index (κ2) is 7.86. The Morgan fingerprint density at radius 2 is 1.62 bits per heavy atom. The van der Waals surface area contributed by atoms with Crippen LogP contribution in [-0.2, 0) is 11.2 Å². The molecule has 128 valence electrons. The van der Waals surface area contributed by atoms with Gasteiger partial charge in [0.1, 0.15) is 0 Å². The van der Waals surface area contributed by atoms with Crippen LogP contribution in [-0.4, -0.2) is 24.7 Å². The molecule has 0 unspecified atom stereocenters. The maximum absolute atomic E-state index is 12.5. The lowest BCUT2D eigenvalue weighted by molar-refractivity contribution is -0.128. The van der Waals surface area contributed by atoms with E-state index < -0.39 is 6.10 Å². The van der Waals surface area contributed by atoms with E-state index >= 15 is 0 Å². The number of methoxy groups -OCH3 is 1. The van der Waals surface area contributed by atoms with E-state index in [1.54, 1.807) is 26.2 Å². The Hall–Kier alpha value is -2.49. The zero-order valence-electron chi connectivity index (χ0n) is 14.7. The highest BCUT2D eigenvalue weighted by molar-refractivity contribution is 5.81. The molecule has 0 fully saturated rings. The van der Waals surface area contributed by atoms with Gasteiger partial charge in [0.05, 0.1) is 7.11 Å². The molecular formula is C20H25NO3. The lowest BCUT2D eigenvalue weighted by atomic mass is 9.94. The minimum absolute atomic E-state index is 0.151. The number of benzene rings is 2. The monoisotopic (exact) mass is 327 g/mol. The van der Waals surface area contributed by atoms with E-state index in [-0.39, 0.29) is 11.4 Å². The van der Waals surface area contributed by atoms with Crippen LogP contribution in [0.4, 0.5) is 0 Å². The van der Waals surface area contributed by atoms with Crippen LogP contribution in [0.3, 0.4) is 0 Å². The van der Waals surface area contributed by atoms with E-state index in [2.05, 4.69) is 17.4 Å². The zero-order chi connectivity index (χ0) is 17.6. The maximum Gasteiger partial charge on any atom is 0.261 e. The van der Waals surface area contributed by atoms with Crippen LogP contribution in [0.25, 0.3) is 0 Å². The summed E-state index contributed by atoms with van der Waals surface area (Å²) in [6.45, 7) is 5.75. The summed E-state index contributed by atoms with van der Waals surface area (Å²) in [4.78, 5) is 12.5. The van der Waals surface area contributed by atoms with Gasteiger partial charge in [-0.25, -0.2) is 0 Å². The number of rotatable bonds is 7. The summed E-state index contributed by atoms with van der Waals surface area (Å²) in [7, 11) is 1.58. The first-order valence-electron chi connectivity index (χ1n) is 8.07. The molecule has 1 atom stereocenters. The van der Waals surface area contributed by atoms with Crippen LogP contribution in [0, 0.1) is 0 Å². The highest BCUT2D eigenvalue weighted by atomic mass is 16.5. The second-order valence-electron chi connectivity index (χ2n) is 6.45. The molecule has 1 amide bonds. The molecule has 2 aromatic rings. The molecule has 0 aromatic heterocycles. The standard InChI is InChI=1S/C20H25NO3/c1-15(24-18-13-9-8-12-17(18)23-4)19(22)21-20(2,3)14-16-10-6-5-7-11-16/h5-13,15H,14H2,1-4H3,(H,21,22)/t15-/m0/s1. The van der Waals surface area contributed by atoms with Crippen LogP contribution in [0.5, 0.6) is 11.5 Å². The number of carbonyl (C=O) groups excluding carboxylic acids is 1. The van der Waals surface area contributed by atoms with Crippen molar-refractivity contribution in [3.63, 3.8) is 0 Å². The first kappa shape index (κ1) is 17.9. The van der Waals surface area contributed by atoms with E-state index in [1.165, 1.54) is 5.56 Å². The summed E-state index contributed by atoms with van der Waals surface area (Å²) in [5, 5.41) is 3.06. The van der Waals surface area contributed by atoms with Crippen molar-refractivity contribution in [3.05, 3.63) is 60.2 Å². The first-order chi connectivity index (χ1) is 11.4. The van der Waals surface area contributed by atoms with Crippen molar-refractivity contribution in [1.82, 2.24) is 5.32 Å². The Labute approximate surface area is 143 Å². The van der Waals surface area contributed by atoms with Crippen LogP contribution in [0.15, 0.2) is 54.6 Å². The van der Waals surface area contributed by atoms with Gasteiger partial charge in [0, 0.05) is 5.54 Å². The van der Waals surface area contributed by atoms with Gasteiger partial charge in [0.25, 0.3) is 5.91 Å². The molecule has 2 rings (SSSR count). The van der Waals surface area contributed by atoms with Gasteiger partial charge in [-0.2, -0.15) is 0 Å². The third-order valence-corrected chi connectivity index (χ3v) is 3.69. The number of carbonyl (C=O) groups is 1. The average Bonchev–Trinajstić information content (AvgIpc) is 2.55. The summed E-state index contributed by atoms with van der Waals surface area (Å²) in [6, 6.07) is 17.4. The smallest absolute Gasteiger partial charge is 0.261 e. The van der Waals surface area contributed by atoms with Crippen LogP contribution >= 0.6 is 0 Å². The lowest BCUT2D eigenvalue weighted by Gasteiger charge is -2.28. The second-order valence-corrected chi connectivity index (χ2v) is 6.45. The minimum Gasteiger partial charge on any atom is -0.493 e. The van der Waals surface area contributed by atoms with Gasteiger partial charge in [-0.1, -0.05) is 42.5 Å². The topological polar surface area (TPSA) is 47.6 Å². The number of ether oxygens (including phenoxy) is 2. The molecule has 1 N–H and O–H groups in total. The maximum atomic E-state index is 12.5. The Morgan fingerprint density at radius 1 is 1.04 bits per heavy atom. The summed E-state index contributed by atoms with van der Waals surface area (Å²) in [5.74, 6) is 1.02. The van der Waals surface area contributed by atoms with Crippen molar-refractivity contribution in [2.75, 3.05) is 7.11 Å². The predicted octanol–water partition coefficient (Wildman–Crippen LogP) is 3.60. The molecule has 0 saturated carbocycles. The number of para-hydroxylation sites is 2. The highest BCUT2D eigenvalue weighted by Crippen LogP contribution is 2.27. The molecule has 0 aliphatic carbocycles. The quantitative estimate of drug-likeness (QED) is 0.845. The third-order valence-electron chi connectivity index (χ3n) is 3.69. The van der Waals surface area contributed by atoms with Crippen LogP contribution < -0.4 is 14.8 Å². The molecular weight excluding hydrogens is 302 g/mol. The van der Waals surface area contributed by atoms with Crippen molar-refractivity contribution in [2.24, 2.45) is 0 Å².